The number of carbonyl (C=O) groups excluding carboxylic acids is 1. The molecule has 8 heteroatoms. The first kappa shape index (κ1) is 17.4. The van der Waals surface area contributed by atoms with Crippen LogP contribution in [0, 0.1) is 5.41 Å². The number of aryl methyl sites for hydroxylation is 1. The van der Waals surface area contributed by atoms with Gasteiger partial charge in [0.1, 0.15) is 4.90 Å². The van der Waals surface area contributed by atoms with Crippen LogP contribution in [0.1, 0.15) is 39.0 Å². The van der Waals surface area contributed by atoms with E-state index >= 15 is 0 Å². The number of amides is 1. The van der Waals surface area contributed by atoms with Gasteiger partial charge in [-0.2, -0.15) is 9.40 Å². The fourth-order valence-corrected chi connectivity index (χ4v) is 5.22. The third kappa shape index (κ3) is 3.21. The van der Waals surface area contributed by atoms with E-state index in [0.29, 0.717) is 19.5 Å². The van der Waals surface area contributed by atoms with Crippen molar-refractivity contribution < 1.29 is 13.2 Å². The second kappa shape index (κ2) is 6.48. The number of sulfonamides is 1. The van der Waals surface area contributed by atoms with Crippen LogP contribution in [0.4, 0.5) is 0 Å². The molecule has 0 unspecified atom stereocenters. The van der Waals surface area contributed by atoms with Gasteiger partial charge in [-0.1, -0.05) is 6.92 Å². The first-order valence-corrected chi connectivity index (χ1v) is 10.1. The largest absolute Gasteiger partial charge is 0.345 e. The molecule has 0 N–H and O–H groups in total. The van der Waals surface area contributed by atoms with E-state index < -0.39 is 10.0 Å². The minimum absolute atomic E-state index is 0.0844. The minimum Gasteiger partial charge on any atom is -0.345 e. The van der Waals surface area contributed by atoms with Crippen molar-refractivity contribution in [3.05, 3.63) is 12.4 Å². The molecule has 1 spiro atoms. The smallest absolute Gasteiger partial charge is 0.246 e. The maximum Gasteiger partial charge on any atom is 0.246 e. The van der Waals surface area contributed by atoms with E-state index in [-0.39, 0.29) is 16.2 Å². The summed E-state index contributed by atoms with van der Waals surface area (Å²) in [6.07, 6.45) is 7.06. The van der Waals surface area contributed by atoms with Gasteiger partial charge >= 0.3 is 0 Å². The molecular formula is C16H26N4O3S. The van der Waals surface area contributed by atoms with E-state index in [1.165, 1.54) is 6.20 Å². The summed E-state index contributed by atoms with van der Waals surface area (Å²) in [6, 6.07) is 0. The molecule has 2 saturated heterocycles. The van der Waals surface area contributed by atoms with Gasteiger partial charge in [0.15, 0.2) is 0 Å². The third-order valence-corrected chi connectivity index (χ3v) is 7.20. The molecule has 0 aromatic carbocycles. The Labute approximate surface area is 143 Å². The van der Waals surface area contributed by atoms with Crippen molar-refractivity contribution in [2.24, 2.45) is 5.41 Å². The van der Waals surface area contributed by atoms with Crippen molar-refractivity contribution in [2.75, 3.05) is 26.7 Å². The van der Waals surface area contributed by atoms with Crippen LogP contribution in [0.2, 0.25) is 0 Å². The molecule has 2 fully saturated rings. The van der Waals surface area contributed by atoms with Gasteiger partial charge in [0.25, 0.3) is 0 Å². The van der Waals surface area contributed by atoms with Gasteiger partial charge < -0.3 is 4.90 Å². The lowest BCUT2D eigenvalue weighted by Gasteiger charge is -2.46. The zero-order valence-electron chi connectivity index (χ0n) is 14.4. The predicted octanol–water partition coefficient (Wildman–Crippen LogP) is 1.32. The van der Waals surface area contributed by atoms with Gasteiger partial charge in [0.2, 0.25) is 15.9 Å². The molecule has 0 saturated carbocycles. The predicted molar refractivity (Wildman–Crippen MR) is 89.8 cm³/mol. The summed E-state index contributed by atoms with van der Waals surface area (Å²) in [5.74, 6) is 0.194. The highest BCUT2D eigenvalue weighted by molar-refractivity contribution is 7.89. The number of likely N-dealkylation sites (tertiary alicyclic amines) is 1. The van der Waals surface area contributed by atoms with Crippen molar-refractivity contribution in [3.63, 3.8) is 0 Å². The maximum absolute atomic E-state index is 12.8. The van der Waals surface area contributed by atoms with Gasteiger partial charge in [-0.3, -0.25) is 9.48 Å². The standard InChI is InChI=1S/C16H26N4O3S/c1-3-8-19-12-14(11-17-19)24(22,23)20-9-6-16(7-10-20)5-4-15(21)18(2)13-16/h11-12H,3-10,13H2,1-2H3. The van der Waals surface area contributed by atoms with E-state index in [4.69, 9.17) is 0 Å². The number of carbonyl (C=O) groups is 1. The van der Waals surface area contributed by atoms with Crippen LogP contribution in [0.5, 0.6) is 0 Å². The van der Waals surface area contributed by atoms with E-state index in [0.717, 1.165) is 38.8 Å². The van der Waals surface area contributed by atoms with Gasteiger partial charge in [0.05, 0.1) is 6.20 Å². The Kier molecular flexibility index (Phi) is 4.70. The Bertz CT molecular complexity index is 705. The number of piperidine rings is 2. The Morgan fingerprint density at radius 2 is 1.96 bits per heavy atom. The van der Waals surface area contributed by atoms with E-state index in [9.17, 15) is 13.2 Å². The summed E-state index contributed by atoms with van der Waals surface area (Å²) < 4.78 is 28.9. The molecule has 2 aliphatic rings. The summed E-state index contributed by atoms with van der Waals surface area (Å²) in [7, 11) is -1.63. The highest BCUT2D eigenvalue weighted by Crippen LogP contribution is 2.40. The summed E-state index contributed by atoms with van der Waals surface area (Å²) in [6.45, 7) is 4.53. The third-order valence-electron chi connectivity index (χ3n) is 5.35. The van der Waals surface area contributed by atoms with E-state index in [1.54, 1.807) is 20.1 Å². The molecular weight excluding hydrogens is 328 g/mol. The Morgan fingerprint density at radius 1 is 1.25 bits per heavy atom. The molecule has 1 aromatic rings. The fourth-order valence-electron chi connectivity index (χ4n) is 3.82. The highest BCUT2D eigenvalue weighted by atomic mass is 32.2. The molecule has 7 nitrogen and oxygen atoms in total. The van der Waals surface area contributed by atoms with Gasteiger partial charge in [-0.05, 0) is 31.1 Å². The Balaban J connectivity index is 1.68. The van der Waals surface area contributed by atoms with Gasteiger partial charge in [-0.25, -0.2) is 8.42 Å². The minimum atomic E-state index is -3.47. The zero-order valence-corrected chi connectivity index (χ0v) is 15.3. The molecule has 1 amide bonds. The summed E-state index contributed by atoms with van der Waals surface area (Å²) >= 11 is 0. The van der Waals surface area contributed by atoms with E-state index in [2.05, 4.69) is 5.10 Å². The topological polar surface area (TPSA) is 75.5 Å². The van der Waals surface area contributed by atoms with Crippen LogP contribution in [0.25, 0.3) is 0 Å². The second-order valence-electron chi connectivity index (χ2n) is 7.09. The summed E-state index contributed by atoms with van der Waals surface area (Å²) in [5.41, 5.74) is 0.0844. The fraction of sp³-hybridized carbons (Fsp3) is 0.750. The number of aromatic nitrogens is 2. The van der Waals surface area contributed by atoms with Crippen molar-refractivity contribution in [1.29, 1.82) is 0 Å². The van der Waals surface area contributed by atoms with Crippen LogP contribution in [0.15, 0.2) is 17.3 Å². The molecule has 3 rings (SSSR count). The van der Waals surface area contributed by atoms with E-state index in [1.807, 2.05) is 14.0 Å². The SMILES string of the molecule is CCCn1cc(S(=O)(=O)N2CCC3(CCC(=O)N(C)C3)CC2)cn1. The molecule has 1 aromatic heterocycles. The lowest BCUT2D eigenvalue weighted by Crippen LogP contribution is -2.51. The Morgan fingerprint density at radius 3 is 2.58 bits per heavy atom. The normalized spacial score (nSPS) is 22.2. The molecule has 2 aliphatic heterocycles. The summed E-state index contributed by atoms with van der Waals surface area (Å²) in [5, 5.41) is 4.14. The zero-order chi connectivity index (χ0) is 17.4. The van der Waals surface area contributed by atoms with Gasteiger partial charge in [0, 0.05) is 45.8 Å². The molecule has 24 heavy (non-hydrogen) atoms. The average molecular weight is 354 g/mol. The van der Waals surface area contributed by atoms with Crippen LogP contribution in [-0.4, -0.2) is 60.0 Å². The second-order valence-corrected chi connectivity index (χ2v) is 9.03. The van der Waals surface area contributed by atoms with Crippen molar-refractivity contribution in [2.45, 2.75) is 50.5 Å². The monoisotopic (exact) mass is 354 g/mol. The number of rotatable bonds is 4. The molecule has 0 atom stereocenters. The maximum atomic E-state index is 12.8. The first-order valence-electron chi connectivity index (χ1n) is 8.63. The van der Waals surface area contributed by atoms with Crippen LogP contribution < -0.4 is 0 Å². The quantitative estimate of drug-likeness (QED) is 0.817. The highest BCUT2D eigenvalue weighted by Gasteiger charge is 2.42. The average Bonchev–Trinajstić information content (AvgIpc) is 3.02. The summed E-state index contributed by atoms with van der Waals surface area (Å²) in [4.78, 5) is 13.8. The molecule has 0 aliphatic carbocycles. The van der Waals surface area contributed by atoms with Crippen molar-refractivity contribution in [3.8, 4) is 0 Å². The Hall–Kier alpha value is -1.41. The van der Waals surface area contributed by atoms with Crippen molar-refractivity contribution in [1.82, 2.24) is 19.0 Å². The number of hydrogen-bond acceptors (Lipinski definition) is 4. The van der Waals surface area contributed by atoms with Crippen LogP contribution in [-0.2, 0) is 21.4 Å². The molecule has 0 radical (unpaired) electrons. The number of nitrogens with zero attached hydrogens (tertiary/aromatic N) is 4. The molecule has 0 bridgehead atoms. The first-order chi connectivity index (χ1) is 11.4. The number of hydrogen-bond donors (Lipinski definition) is 0. The molecule has 3 heterocycles. The lowest BCUT2D eigenvalue weighted by atomic mass is 9.73. The van der Waals surface area contributed by atoms with Gasteiger partial charge in [-0.15, -0.1) is 0 Å². The molecule has 134 valence electrons. The van der Waals surface area contributed by atoms with Crippen molar-refractivity contribution >= 4 is 15.9 Å². The lowest BCUT2D eigenvalue weighted by molar-refractivity contribution is -0.136. The van der Waals surface area contributed by atoms with Crippen LogP contribution >= 0.6 is 0 Å². The van der Waals surface area contributed by atoms with Crippen LogP contribution in [0.3, 0.4) is 0 Å².